The molecule has 3 N–H and O–H groups in total. The predicted octanol–water partition coefficient (Wildman–Crippen LogP) is 4.15. The van der Waals surface area contributed by atoms with Crippen LogP contribution in [-0.2, 0) is 6.54 Å². The molecule has 3 heteroatoms. The Labute approximate surface area is 128 Å². The second kappa shape index (κ2) is 4.97. The first kappa shape index (κ1) is 13.0. The Bertz CT molecular complexity index is 982. The summed E-state index contributed by atoms with van der Waals surface area (Å²) in [6, 6.07) is 16.7. The molecule has 108 valence electrons. The van der Waals surface area contributed by atoms with Crippen molar-refractivity contribution in [2.24, 2.45) is 5.73 Å². The van der Waals surface area contributed by atoms with Crippen molar-refractivity contribution in [2.75, 3.05) is 0 Å². The number of para-hydroxylation sites is 1. The summed E-state index contributed by atoms with van der Waals surface area (Å²) in [6.07, 6.45) is 2.03. The van der Waals surface area contributed by atoms with Gasteiger partial charge in [0.25, 0.3) is 0 Å². The third-order valence-electron chi connectivity index (χ3n) is 4.13. The zero-order chi connectivity index (χ0) is 15.1. The minimum atomic E-state index is 0.511. The first-order valence-electron chi connectivity index (χ1n) is 7.43. The number of aryl methyl sites for hydroxylation is 1. The highest BCUT2D eigenvalue weighted by Crippen LogP contribution is 2.30. The van der Waals surface area contributed by atoms with Crippen LogP contribution in [0.15, 0.2) is 54.7 Å². The highest BCUT2D eigenvalue weighted by molar-refractivity contribution is 5.96. The summed E-state index contributed by atoms with van der Waals surface area (Å²) in [6.45, 7) is 2.62. The summed E-state index contributed by atoms with van der Waals surface area (Å²) in [5, 5.41) is 2.33. The molecule has 2 heterocycles. The Morgan fingerprint density at radius 2 is 1.91 bits per heavy atom. The first-order valence-corrected chi connectivity index (χ1v) is 7.43. The number of pyridine rings is 1. The molecule has 0 bridgehead atoms. The van der Waals surface area contributed by atoms with Crippen LogP contribution in [0, 0.1) is 6.92 Å². The van der Waals surface area contributed by atoms with E-state index in [-0.39, 0.29) is 0 Å². The molecule has 0 aliphatic heterocycles. The predicted molar refractivity (Wildman–Crippen MR) is 91.7 cm³/mol. The van der Waals surface area contributed by atoms with Gasteiger partial charge >= 0.3 is 0 Å². The quantitative estimate of drug-likeness (QED) is 0.582. The summed E-state index contributed by atoms with van der Waals surface area (Å²) in [4.78, 5) is 8.16. The van der Waals surface area contributed by atoms with Gasteiger partial charge in [0.2, 0.25) is 0 Å². The number of hydrogen-bond donors (Lipinski definition) is 2. The molecular formula is C19H17N3. The van der Waals surface area contributed by atoms with E-state index in [1.54, 1.807) is 0 Å². The van der Waals surface area contributed by atoms with Crippen molar-refractivity contribution in [3.8, 4) is 11.3 Å². The fourth-order valence-corrected chi connectivity index (χ4v) is 3.00. The summed E-state index contributed by atoms with van der Waals surface area (Å²) < 4.78 is 0. The van der Waals surface area contributed by atoms with Gasteiger partial charge in [-0.2, -0.15) is 0 Å². The summed E-state index contributed by atoms with van der Waals surface area (Å²) in [5.41, 5.74) is 12.5. The maximum Gasteiger partial charge on any atom is 0.0734 e. The third kappa shape index (κ3) is 1.98. The lowest BCUT2D eigenvalue weighted by atomic mass is 10.0. The Morgan fingerprint density at radius 1 is 1.05 bits per heavy atom. The molecule has 0 aliphatic carbocycles. The molecule has 0 aliphatic rings. The lowest BCUT2D eigenvalue weighted by Gasteiger charge is -2.08. The van der Waals surface area contributed by atoms with Crippen molar-refractivity contribution >= 4 is 21.8 Å². The van der Waals surface area contributed by atoms with Crippen LogP contribution < -0.4 is 5.73 Å². The van der Waals surface area contributed by atoms with Gasteiger partial charge in [0.05, 0.1) is 11.2 Å². The van der Waals surface area contributed by atoms with E-state index in [2.05, 4.69) is 42.2 Å². The van der Waals surface area contributed by atoms with Crippen LogP contribution in [0.2, 0.25) is 0 Å². The first-order chi connectivity index (χ1) is 10.8. The smallest absolute Gasteiger partial charge is 0.0734 e. The number of nitrogens with two attached hydrogens (primary N) is 1. The molecule has 4 rings (SSSR count). The van der Waals surface area contributed by atoms with Crippen molar-refractivity contribution in [3.63, 3.8) is 0 Å². The van der Waals surface area contributed by atoms with Gasteiger partial charge in [0.15, 0.2) is 0 Å². The van der Waals surface area contributed by atoms with E-state index < -0.39 is 0 Å². The Hall–Kier alpha value is -2.65. The van der Waals surface area contributed by atoms with E-state index in [0.29, 0.717) is 6.54 Å². The molecule has 0 radical (unpaired) electrons. The topological polar surface area (TPSA) is 54.7 Å². The van der Waals surface area contributed by atoms with Crippen molar-refractivity contribution < 1.29 is 0 Å². The molecule has 0 amide bonds. The maximum atomic E-state index is 5.94. The van der Waals surface area contributed by atoms with Crippen LogP contribution in [0.25, 0.3) is 33.1 Å². The Kier molecular flexibility index (Phi) is 2.94. The zero-order valence-corrected chi connectivity index (χ0v) is 12.4. The minimum Gasteiger partial charge on any atom is -0.360 e. The lowest BCUT2D eigenvalue weighted by molar-refractivity contribution is 1.08. The van der Waals surface area contributed by atoms with Gasteiger partial charge in [-0.05, 0) is 36.8 Å². The fourth-order valence-electron chi connectivity index (χ4n) is 3.00. The average molecular weight is 287 g/mol. The third-order valence-corrected chi connectivity index (χ3v) is 4.13. The molecule has 22 heavy (non-hydrogen) atoms. The SMILES string of the molecule is Cc1ccc2[nH]cc(-c3cc(CN)c4ccccc4n3)c2c1. The monoisotopic (exact) mass is 287 g/mol. The largest absolute Gasteiger partial charge is 0.360 e. The number of aromatic amines is 1. The molecule has 0 fully saturated rings. The second-order valence-corrected chi connectivity index (χ2v) is 5.64. The minimum absolute atomic E-state index is 0.511. The number of nitrogens with zero attached hydrogens (tertiary/aromatic N) is 1. The van der Waals surface area contributed by atoms with Gasteiger partial charge in [0.1, 0.15) is 0 Å². The van der Waals surface area contributed by atoms with Gasteiger partial charge in [0, 0.05) is 34.6 Å². The van der Waals surface area contributed by atoms with Gasteiger partial charge in [-0.1, -0.05) is 29.8 Å². The van der Waals surface area contributed by atoms with E-state index >= 15 is 0 Å². The van der Waals surface area contributed by atoms with E-state index in [1.165, 1.54) is 10.9 Å². The number of nitrogens with one attached hydrogen (secondary N) is 1. The molecule has 0 saturated carbocycles. The molecule has 0 spiro atoms. The number of aromatic nitrogens is 2. The summed E-state index contributed by atoms with van der Waals surface area (Å²) >= 11 is 0. The second-order valence-electron chi connectivity index (χ2n) is 5.64. The van der Waals surface area contributed by atoms with Crippen LogP contribution >= 0.6 is 0 Å². The normalized spacial score (nSPS) is 11.4. The molecule has 0 unspecified atom stereocenters. The van der Waals surface area contributed by atoms with Gasteiger partial charge in [-0.25, -0.2) is 4.98 Å². The van der Waals surface area contributed by atoms with Crippen LogP contribution in [0.5, 0.6) is 0 Å². The van der Waals surface area contributed by atoms with Gasteiger partial charge in [-0.3, -0.25) is 0 Å². The molecule has 0 atom stereocenters. The molecule has 2 aromatic heterocycles. The van der Waals surface area contributed by atoms with E-state index in [9.17, 15) is 0 Å². The molecule has 2 aromatic carbocycles. The van der Waals surface area contributed by atoms with E-state index in [0.717, 1.165) is 33.2 Å². The van der Waals surface area contributed by atoms with Crippen LogP contribution in [0.4, 0.5) is 0 Å². The average Bonchev–Trinajstić information content (AvgIpc) is 2.96. The Balaban J connectivity index is 2.02. The van der Waals surface area contributed by atoms with Crippen molar-refractivity contribution in [3.05, 3.63) is 65.9 Å². The summed E-state index contributed by atoms with van der Waals surface area (Å²) in [7, 11) is 0. The number of fused-ring (bicyclic) bond motifs is 2. The van der Waals surface area contributed by atoms with Gasteiger partial charge in [-0.15, -0.1) is 0 Å². The molecule has 3 nitrogen and oxygen atoms in total. The Morgan fingerprint density at radius 3 is 2.77 bits per heavy atom. The number of rotatable bonds is 2. The van der Waals surface area contributed by atoms with Gasteiger partial charge < -0.3 is 10.7 Å². The lowest BCUT2D eigenvalue weighted by Crippen LogP contribution is -1.99. The maximum absolute atomic E-state index is 5.94. The van der Waals surface area contributed by atoms with Crippen molar-refractivity contribution in [1.82, 2.24) is 9.97 Å². The fraction of sp³-hybridized carbons (Fsp3) is 0.105. The molecule has 4 aromatic rings. The molecule has 0 saturated heterocycles. The zero-order valence-electron chi connectivity index (χ0n) is 12.4. The number of benzene rings is 2. The van der Waals surface area contributed by atoms with Crippen molar-refractivity contribution in [1.29, 1.82) is 0 Å². The highest BCUT2D eigenvalue weighted by atomic mass is 14.7. The van der Waals surface area contributed by atoms with Crippen LogP contribution in [0.3, 0.4) is 0 Å². The van der Waals surface area contributed by atoms with Crippen LogP contribution in [-0.4, -0.2) is 9.97 Å². The summed E-state index contributed by atoms with van der Waals surface area (Å²) in [5.74, 6) is 0. The van der Waals surface area contributed by atoms with Crippen LogP contribution in [0.1, 0.15) is 11.1 Å². The van der Waals surface area contributed by atoms with E-state index in [1.807, 2.05) is 24.4 Å². The number of H-pyrrole nitrogens is 1. The van der Waals surface area contributed by atoms with Crippen molar-refractivity contribution in [2.45, 2.75) is 13.5 Å². The standard InChI is InChI=1S/C19H17N3/c1-12-6-7-17-15(8-12)16(11-21-17)19-9-13(10-20)14-4-2-3-5-18(14)22-19/h2-9,11,21H,10,20H2,1H3. The van der Waals surface area contributed by atoms with E-state index in [4.69, 9.17) is 10.7 Å². The highest BCUT2D eigenvalue weighted by Gasteiger charge is 2.10. The number of hydrogen-bond acceptors (Lipinski definition) is 2. The molecular weight excluding hydrogens is 270 g/mol.